The number of hydrogen-bond acceptors (Lipinski definition) is 2. The minimum absolute atomic E-state index is 0.427. The maximum Gasteiger partial charge on any atom is 0.416 e. The molecule has 0 aliphatic rings. The van der Waals surface area contributed by atoms with E-state index in [0.717, 1.165) is 12.1 Å². The summed E-state index contributed by atoms with van der Waals surface area (Å²) >= 11 is 0. The van der Waals surface area contributed by atoms with Gasteiger partial charge in [-0.05, 0) is 23.6 Å². The summed E-state index contributed by atoms with van der Waals surface area (Å²) in [5.74, 6) is -1.08. The fraction of sp³-hybridized carbons (Fsp3) is 0.400. The molecule has 1 aromatic carbocycles. The maximum absolute atomic E-state index is 12.3. The summed E-state index contributed by atoms with van der Waals surface area (Å²) in [7, 11) is -4.13. The lowest BCUT2D eigenvalue weighted by molar-refractivity contribution is -0.137. The Morgan fingerprint density at radius 1 is 1.24 bits per heavy atom. The predicted octanol–water partition coefficient (Wildman–Crippen LogP) is 2.70. The Morgan fingerprint density at radius 2 is 1.71 bits per heavy atom. The van der Waals surface area contributed by atoms with Crippen LogP contribution < -0.4 is 0 Å². The molecule has 0 amide bonds. The van der Waals surface area contributed by atoms with Crippen molar-refractivity contribution in [2.24, 2.45) is 0 Å². The van der Waals surface area contributed by atoms with Gasteiger partial charge in [-0.2, -0.15) is 21.6 Å². The SMILES string of the molecule is CC(CS(=O)(=O)O)c1ccc(C(F)(F)F)cc1. The average Bonchev–Trinajstić information content (AvgIpc) is 2.14. The van der Waals surface area contributed by atoms with Crippen LogP contribution in [0.3, 0.4) is 0 Å². The fourth-order valence-electron chi connectivity index (χ4n) is 1.41. The summed E-state index contributed by atoms with van der Waals surface area (Å²) in [5, 5.41) is 0. The van der Waals surface area contributed by atoms with E-state index >= 15 is 0 Å². The van der Waals surface area contributed by atoms with E-state index in [0.29, 0.717) is 5.56 Å². The first kappa shape index (κ1) is 14.0. The van der Waals surface area contributed by atoms with Crippen LogP contribution in [0.15, 0.2) is 24.3 Å². The number of alkyl halides is 3. The quantitative estimate of drug-likeness (QED) is 0.857. The summed E-state index contributed by atoms with van der Waals surface area (Å²) in [6, 6.07) is 4.18. The third-order valence-electron chi connectivity index (χ3n) is 2.27. The normalized spacial score (nSPS) is 14.6. The van der Waals surface area contributed by atoms with Gasteiger partial charge >= 0.3 is 6.18 Å². The fourth-order valence-corrected chi connectivity index (χ4v) is 2.24. The lowest BCUT2D eigenvalue weighted by Crippen LogP contribution is -2.11. The highest BCUT2D eigenvalue weighted by Gasteiger charge is 2.30. The van der Waals surface area contributed by atoms with Crippen molar-refractivity contribution >= 4 is 10.1 Å². The smallest absolute Gasteiger partial charge is 0.286 e. The summed E-state index contributed by atoms with van der Waals surface area (Å²) in [4.78, 5) is 0. The molecule has 1 N–H and O–H groups in total. The molecule has 0 saturated carbocycles. The van der Waals surface area contributed by atoms with Crippen LogP contribution in [0.2, 0.25) is 0 Å². The molecule has 1 rings (SSSR count). The summed E-state index contributed by atoms with van der Waals surface area (Å²) in [6.07, 6.45) is -4.41. The van der Waals surface area contributed by atoms with Crippen molar-refractivity contribution in [2.75, 3.05) is 5.75 Å². The van der Waals surface area contributed by atoms with Gasteiger partial charge in [-0.15, -0.1) is 0 Å². The van der Waals surface area contributed by atoms with Gasteiger partial charge in [-0.3, -0.25) is 4.55 Å². The van der Waals surface area contributed by atoms with E-state index in [1.165, 1.54) is 19.1 Å². The van der Waals surface area contributed by atoms with Crippen molar-refractivity contribution in [3.8, 4) is 0 Å². The zero-order valence-corrected chi connectivity index (χ0v) is 9.72. The van der Waals surface area contributed by atoms with E-state index in [2.05, 4.69) is 0 Å². The first-order valence-electron chi connectivity index (χ1n) is 4.72. The highest BCUT2D eigenvalue weighted by atomic mass is 32.2. The molecule has 1 atom stereocenters. The van der Waals surface area contributed by atoms with Crippen LogP contribution in [0, 0.1) is 0 Å². The first-order chi connectivity index (χ1) is 7.59. The van der Waals surface area contributed by atoms with E-state index in [4.69, 9.17) is 4.55 Å². The lowest BCUT2D eigenvalue weighted by Gasteiger charge is -2.11. The Hall–Kier alpha value is -1.08. The zero-order chi connectivity index (χ0) is 13.3. The van der Waals surface area contributed by atoms with Crippen LogP contribution in [0.1, 0.15) is 24.0 Å². The minimum atomic E-state index is -4.41. The zero-order valence-electron chi connectivity index (χ0n) is 8.90. The van der Waals surface area contributed by atoms with Gasteiger partial charge in [-0.1, -0.05) is 19.1 Å². The molecule has 0 heterocycles. The molecule has 0 fully saturated rings. The molecule has 0 spiro atoms. The van der Waals surface area contributed by atoms with Crippen LogP contribution in [0.5, 0.6) is 0 Å². The second-order valence-electron chi connectivity index (χ2n) is 3.77. The van der Waals surface area contributed by atoms with E-state index in [9.17, 15) is 21.6 Å². The van der Waals surface area contributed by atoms with Crippen molar-refractivity contribution in [3.63, 3.8) is 0 Å². The van der Waals surface area contributed by atoms with Crippen molar-refractivity contribution in [1.29, 1.82) is 0 Å². The molecule has 0 aliphatic heterocycles. The highest BCUT2D eigenvalue weighted by molar-refractivity contribution is 7.85. The Labute approximate surface area is 97.0 Å². The number of hydrogen-bond donors (Lipinski definition) is 1. The number of halogens is 3. The van der Waals surface area contributed by atoms with Crippen molar-refractivity contribution in [2.45, 2.75) is 19.0 Å². The first-order valence-corrected chi connectivity index (χ1v) is 6.33. The van der Waals surface area contributed by atoms with Crippen LogP contribution in [-0.2, 0) is 16.3 Å². The Balaban J connectivity index is 2.88. The molecule has 0 aliphatic carbocycles. The van der Waals surface area contributed by atoms with Gasteiger partial charge in [0.25, 0.3) is 10.1 Å². The van der Waals surface area contributed by atoms with Crippen LogP contribution in [-0.4, -0.2) is 18.7 Å². The number of benzene rings is 1. The molecule has 0 saturated heterocycles. The molecule has 7 heteroatoms. The number of rotatable bonds is 3. The molecule has 1 unspecified atom stereocenters. The summed E-state index contributed by atoms with van der Waals surface area (Å²) in [5.41, 5.74) is -0.365. The molecule has 0 radical (unpaired) electrons. The van der Waals surface area contributed by atoms with E-state index < -0.39 is 33.5 Å². The second kappa shape index (κ2) is 4.66. The summed E-state index contributed by atoms with van der Waals surface area (Å²) < 4.78 is 66.6. The van der Waals surface area contributed by atoms with Crippen molar-refractivity contribution in [3.05, 3.63) is 35.4 Å². The highest BCUT2D eigenvalue weighted by Crippen LogP contribution is 2.30. The average molecular weight is 268 g/mol. The van der Waals surface area contributed by atoms with Crippen molar-refractivity contribution < 1.29 is 26.1 Å². The topological polar surface area (TPSA) is 54.4 Å². The van der Waals surface area contributed by atoms with Crippen LogP contribution in [0.4, 0.5) is 13.2 Å². The molecule has 0 aromatic heterocycles. The van der Waals surface area contributed by atoms with Crippen LogP contribution in [0.25, 0.3) is 0 Å². The van der Waals surface area contributed by atoms with E-state index in [-0.39, 0.29) is 0 Å². The van der Waals surface area contributed by atoms with Gasteiger partial charge in [0.05, 0.1) is 11.3 Å². The van der Waals surface area contributed by atoms with Gasteiger partial charge < -0.3 is 0 Å². The van der Waals surface area contributed by atoms with Crippen LogP contribution >= 0.6 is 0 Å². The van der Waals surface area contributed by atoms with Gasteiger partial charge in [0.2, 0.25) is 0 Å². The monoisotopic (exact) mass is 268 g/mol. The maximum atomic E-state index is 12.3. The third kappa shape index (κ3) is 4.35. The predicted molar refractivity (Wildman–Crippen MR) is 56.3 cm³/mol. The molecule has 17 heavy (non-hydrogen) atoms. The molecule has 1 aromatic rings. The molecule has 96 valence electrons. The van der Waals surface area contributed by atoms with E-state index in [1.807, 2.05) is 0 Å². The van der Waals surface area contributed by atoms with Crippen molar-refractivity contribution in [1.82, 2.24) is 0 Å². The Bertz CT molecular complexity index is 477. The summed E-state index contributed by atoms with van der Waals surface area (Å²) in [6.45, 7) is 1.51. The minimum Gasteiger partial charge on any atom is -0.286 e. The van der Waals surface area contributed by atoms with Gasteiger partial charge in [-0.25, -0.2) is 0 Å². The van der Waals surface area contributed by atoms with E-state index in [1.54, 1.807) is 0 Å². The third-order valence-corrected chi connectivity index (χ3v) is 3.19. The Morgan fingerprint density at radius 3 is 2.06 bits per heavy atom. The largest absolute Gasteiger partial charge is 0.416 e. The standard InChI is InChI=1S/C10H11F3O3S/c1-7(6-17(14,15)16)8-2-4-9(5-3-8)10(11,12)13/h2-5,7H,6H2,1H3,(H,14,15,16). The molecular weight excluding hydrogens is 257 g/mol. The Kier molecular flexibility index (Phi) is 3.83. The second-order valence-corrected chi connectivity index (χ2v) is 5.27. The lowest BCUT2D eigenvalue weighted by atomic mass is 10.0. The van der Waals surface area contributed by atoms with Gasteiger partial charge in [0.15, 0.2) is 0 Å². The molecule has 0 bridgehead atoms. The van der Waals surface area contributed by atoms with Gasteiger partial charge in [0.1, 0.15) is 0 Å². The molecule has 3 nitrogen and oxygen atoms in total. The molecular formula is C10H11F3O3S. The van der Waals surface area contributed by atoms with Gasteiger partial charge in [0, 0.05) is 0 Å².